The van der Waals surface area contributed by atoms with Crippen molar-refractivity contribution in [3.63, 3.8) is 0 Å². The van der Waals surface area contributed by atoms with E-state index in [0.717, 1.165) is 43.5 Å². The zero-order chi connectivity index (χ0) is 21.7. The monoisotopic (exact) mass is 408 g/mol. The Morgan fingerprint density at radius 1 is 0.903 bits per heavy atom. The number of nitrogens with zero attached hydrogens (tertiary/aromatic N) is 2. The van der Waals surface area contributed by atoms with E-state index < -0.39 is 5.41 Å². The smallest absolute Gasteiger partial charge is 0.107 e. The van der Waals surface area contributed by atoms with Crippen LogP contribution in [-0.2, 0) is 12.0 Å². The SMILES string of the molecule is CCC(CC(C#N)(c1ccccc1)c1ccccc1)CC1(C)CN1Cc1ccccc1. The van der Waals surface area contributed by atoms with Gasteiger partial charge in [-0.15, -0.1) is 0 Å². The molecule has 1 aliphatic rings. The molecule has 0 radical (unpaired) electrons. The van der Waals surface area contributed by atoms with Crippen LogP contribution in [0.2, 0.25) is 0 Å². The highest BCUT2D eigenvalue weighted by Crippen LogP contribution is 2.45. The van der Waals surface area contributed by atoms with Crippen LogP contribution >= 0.6 is 0 Å². The summed E-state index contributed by atoms with van der Waals surface area (Å²) in [5.41, 5.74) is 3.19. The molecule has 3 atom stereocenters. The Morgan fingerprint density at radius 2 is 1.42 bits per heavy atom. The molecule has 0 spiro atoms. The average Bonchev–Trinajstić information content (AvgIpc) is 3.46. The Morgan fingerprint density at radius 3 is 1.90 bits per heavy atom. The third-order valence-corrected chi connectivity index (χ3v) is 7.03. The molecule has 158 valence electrons. The van der Waals surface area contributed by atoms with Crippen LogP contribution in [0, 0.1) is 17.2 Å². The standard InChI is InChI=1S/C29H32N2/c1-3-24(19-28(2)23-31(28)21-25-13-7-4-8-14-25)20-29(22-30,26-15-9-5-10-16-26)27-17-11-6-12-18-27/h4-18,24H,3,19-21,23H2,1-2H3. The van der Waals surface area contributed by atoms with Crippen LogP contribution in [0.5, 0.6) is 0 Å². The molecule has 1 saturated heterocycles. The van der Waals surface area contributed by atoms with Crippen LogP contribution in [0.25, 0.3) is 0 Å². The van der Waals surface area contributed by atoms with Crippen LogP contribution in [-0.4, -0.2) is 17.0 Å². The second kappa shape index (κ2) is 9.08. The van der Waals surface area contributed by atoms with Gasteiger partial charge in [0.05, 0.1) is 6.07 Å². The van der Waals surface area contributed by atoms with Gasteiger partial charge in [-0.05, 0) is 42.4 Å². The van der Waals surface area contributed by atoms with Gasteiger partial charge in [-0.3, -0.25) is 4.90 Å². The molecule has 31 heavy (non-hydrogen) atoms. The minimum absolute atomic E-state index is 0.227. The lowest BCUT2D eigenvalue weighted by Crippen LogP contribution is -2.31. The Kier molecular flexibility index (Phi) is 6.25. The molecule has 2 nitrogen and oxygen atoms in total. The van der Waals surface area contributed by atoms with Gasteiger partial charge in [0.15, 0.2) is 0 Å². The first-order valence-electron chi connectivity index (χ1n) is 11.4. The van der Waals surface area contributed by atoms with Crippen molar-refractivity contribution in [2.45, 2.75) is 50.6 Å². The summed E-state index contributed by atoms with van der Waals surface area (Å²) in [4.78, 5) is 2.57. The number of hydrogen-bond acceptors (Lipinski definition) is 2. The highest BCUT2D eigenvalue weighted by molar-refractivity contribution is 5.46. The van der Waals surface area contributed by atoms with Crippen molar-refractivity contribution < 1.29 is 0 Å². The van der Waals surface area contributed by atoms with E-state index in [1.165, 1.54) is 5.56 Å². The third kappa shape index (κ3) is 4.58. The predicted molar refractivity (Wildman–Crippen MR) is 128 cm³/mol. The zero-order valence-electron chi connectivity index (χ0n) is 18.7. The van der Waals surface area contributed by atoms with Gasteiger partial charge in [0.25, 0.3) is 0 Å². The normalized spacial score (nSPS) is 21.3. The minimum atomic E-state index is -0.612. The van der Waals surface area contributed by atoms with E-state index in [4.69, 9.17) is 0 Å². The highest BCUT2D eigenvalue weighted by Gasteiger charge is 2.49. The Balaban J connectivity index is 1.56. The second-order valence-electron chi connectivity index (χ2n) is 9.27. The van der Waals surface area contributed by atoms with Gasteiger partial charge < -0.3 is 0 Å². The largest absolute Gasteiger partial charge is 0.291 e. The zero-order valence-corrected chi connectivity index (χ0v) is 18.7. The van der Waals surface area contributed by atoms with Gasteiger partial charge in [0.1, 0.15) is 5.41 Å². The molecular formula is C29H32N2. The first kappa shape index (κ1) is 21.3. The van der Waals surface area contributed by atoms with Crippen molar-refractivity contribution in [1.82, 2.24) is 4.90 Å². The Bertz CT molecular complexity index is 967. The molecule has 0 N–H and O–H groups in total. The molecule has 2 heteroatoms. The Hall–Kier alpha value is -2.89. The average molecular weight is 409 g/mol. The fourth-order valence-electron chi connectivity index (χ4n) is 5.06. The van der Waals surface area contributed by atoms with Crippen molar-refractivity contribution in [3.05, 3.63) is 108 Å². The summed E-state index contributed by atoms with van der Waals surface area (Å²) >= 11 is 0. The quantitative estimate of drug-likeness (QED) is 0.374. The van der Waals surface area contributed by atoms with Gasteiger partial charge in [-0.2, -0.15) is 5.26 Å². The van der Waals surface area contributed by atoms with E-state index in [9.17, 15) is 5.26 Å². The highest BCUT2D eigenvalue weighted by atomic mass is 15.3. The van der Waals surface area contributed by atoms with E-state index in [-0.39, 0.29) is 5.54 Å². The van der Waals surface area contributed by atoms with E-state index in [1.807, 2.05) is 12.1 Å². The van der Waals surface area contributed by atoms with Crippen molar-refractivity contribution in [3.8, 4) is 6.07 Å². The number of hydrogen-bond donors (Lipinski definition) is 0. The molecule has 1 aliphatic heterocycles. The molecule has 3 unspecified atom stereocenters. The van der Waals surface area contributed by atoms with Crippen molar-refractivity contribution in [2.24, 2.45) is 5.92 Å². The van der Waals surface area contributed by atoms with E-state index in [0.29, 0.717) is 5.92 Å². The first-order chi connectivity index (χ1) is 15.1. The lowest BCUT2D eigenvalue weighted by molar-refractivity contribution is 0.300. The molecule has 3 aromatic carbocycles. The molecule has 3 aromatic rings. The summed E-state index contributed by atoms with van der Waals surface area (Å²) < 4.78 is 0. The van der Waals surface area contributed by atoms with Gasteiger partial charge in [-0.1, -0.05) is 104 Å². The maximum absolute atomic E-state index is 10.5. The fourth-order valence-corrected chi connectivity index (χ4v) is 5.06. The van der Waals surface area contributed by atoms with E-state index in [2.05, 4.69) is 104 Å². The van der Waals surface area contributed by atoms with Crippen LogP contribution in [0.3, 0.4) is 0 Å². The van der Waals surface area contributed by atoms with Gasteiger partial charge in [0.2, 0.25) is 0 Å². The van der Waals surface area contributed by atoms with Gasteiger partial charge in [-0.25, -0.2) is 0 Å². The lowest BCUT2D eigenvalue weighted by atomic mass is 9.68. The number of rotatable bonds is 9. The maximum atomic E-state index is 10.5. The van der Waals surface area contributed by atoms with Crippen LogP contribution in [0.1, 0.15) is 49.8 Å². The first-order valence-corrected chi connectivity index (χ1v) is 11.4. The topological polar surface area (TPSA) is 26.8 Å². The molecular weight excluding hydrogens is 376 g/mol. The minimum Gasteiger partial charge on any atom is -0.291 e. The second-order valence-corrected chi connectivity index (χ2v) is 9.27. The van der Waals surface area contributed by atoms with Crippen molar-refractivity contribution >= 4 is 0 Å². The summed E-state index contributed by atoms with van der Waals surface area (Å²) in [7, 11) is 0. The molecule has 0 amide bonds. The maximum Gasteiger partial charge on any atom is 0.107 e. The summed E-state index contributed by atoms with van der Waals surface area (Å²) in [6.07, 6.45) is 3.06. The van der Waals surface area contributed by atoms with Crippen molar-refractivity contribution in [2.75, 3.05) is 6.54 Å². The molecule has 0 aromatic heterocycles. The lowest BCUT2D eigenvalue weighted by Gasteiger charge is -2.33. The molecule has 0 aliphatic carbocycles. The number of benzene rings is 3. The van der Waals surface area contributed by atoms with Crippen LogP contribution in [0.15, 0.2) is 91.0 Å². The van der Waals surface area contributed by atoms with Gasteiger partial charge >= 0.3 is 0 Å². The molecule has 0 bridgehead atoms. The summed E-state index contributed by atoms with van der Waals surface area (Å²) in [6, 6.07) is 34.2. The van der Waals surface area contributed by atoms with E-state index in [1.54, 1.807) is 0 Å². The summed E-state index contributed by atoms with van der Waals surface area (Å²) in [5.74, 6) is 0.478. The van der Waals surface area contributed by atoms with Crippen LogP contribution in [0.4, 0.5) is 0 Å². The Labute approximate surface area is 187 Å². The van der Waals surface area contributed by atoms with Crippen LogP contribution < -0.4 is 0 Å². The molecule has 1 heterocycles. The molecule has 4 rings (SSSR count). The van der Waals surface area contributed by atoms with E-state index >= 15 is 0 Å². The number of nitriles is 1. The predicted octanol–water partition coefficient (Wildman–Crippen LogP) is 6.58. The third-order valence-electron chi connectivity index (χ3n) is 7.03. The fraction of sp³-hybridized carbons (Fsp3) is 0.345. The molecule has 1 fully saturated rings. The molecule has 0 saturated carbocycles. The van der Waals surface area contributed by atoms with Crippen molar-refractivity contribution in [1.29, 1.82) is 5.26 Å². The summed E-state index contributed by atoms with van der Waals surface area (Å²) in [5, 5.41) is 10.5. The summed E-state index contributed by atoms with van der Waals surface area (Å²) in [6.45, 7) is 6.80. The van der Waals surface area contributed by atoms with Gasteiger partial charge in [0, 0.05) is 18.6 Å².